The molecule has 25 heavy (non-hydrogen) atoms. The molecule has 1 amide bonds. The van der Waals surface area contributed by atoms with Crippen molar-refractivity contribution >= 4 is 44.7 Å². The maximum Gasteiger partial charge on any atom is 0.245 e. The van der Waals surface area contributed by atoms with E-state index in [-0.39, 0.29) is 12.3 Å². The van der Waals surface area contributed by atoms with Gasteiger partial charge in [-0.2, -0.15) is 0 Å². The molecule has 0 saturated carbocycles. The topological polar surface area (TPSA) is 83.6 Å². The van der Waals surface area contributed by atoms with Crippen LogP contribution >= 0.6 is 11.6 Å². The van der Waals surface area contributed by atoms with Crippen LogP contribution in [-0.2, 0) is 14.8 Å². The maximum atomic E-state index is 12.2. The molecular weight excluding hydrogens is 364 g/mol. The molecule has 0 fully saturated rings. The zero-order valence-electron chi connectivity index (χ0n) is 13.7. The van der Waals surface area contributed by atoms with Crippen molar-refractivity contribution < 1.29 is 18.0 Å². The quantitative estimate of drug-likeness (QED) is 0.781. The second-order valence-corrected chi connectivity index (χ2v) is 7.77. The zero-order chi connectivity index (χ0) is 18.6. The number of hydrogen-bond acceptors (Lipinski definition) is 4. The molecule has 6 nitrogen and oxygen atoms in total. The number of sulfonamides is 1. The van der Waals surface area contributed by atoms with Gasteiger partial charge in [0.15, 0.2) is 5.78 Å². The van der Waals surface area contributed by atoms with Gasteiger partial charge in [-0.15, -0.1) is 0 Å². The second kappa shape index (κ2) is 7.67. The SMILES string of the molecule is CC(=O)c1ccc(NC(=O)CN(c2ccc(Cl)cc2)S(C)(=O)=O)cc1. The van der Waals surface area contributed by atoms with E-state index in [2.05, 4.69) is 5.32 Å². The first-order valence-electron chi connectivity index (χ1n) is 7.31. The lowest BCUT2D eigenvalue weighted by atomic mass is 10.1. The number of Topliss-reactive ketones (excluding diaryl/α,β-unsaturated/α-hetero) is 1. The van der Waals surface area contributed by atoms with Gasteiger partial charge in [0, 0.05) is 16.3 Å². The molecule has 0 heterocycles. The molecule has 2 rings (SSSR count). The van der Waals surface area contributed by atoms with Crippen molar-refractivity contribution in [2.45, 2.75) is 6.92 Å². The van der Waals surface area contributed by atoms with Crippen molar-refractivity contribution in [3.8, 4) is 0 Å². The van der Waals surface area contributed by atoms with E-state index in [1.807, 2.05) is 0 Å². The number of amides is 1. The van der Waals surface area contributed by atoms with Crippen molar-refractivity contribution in [2.75, 3.05) is 22.4 Å². The molecule has 0 aromatic heterocycles. The van der Waals surface area contributed by atoms with Crippen LogP contribution in [0.2, 0.25) is 5.02 Å². The minimum atomic E-state index is -3.65. The molecule has 0 aliphatic rings. The van der Waals surface area contributed by atoms with Gasteiger partial charge in [0.25, 0.3) is 0 Å². The minimum absolute atomic E-state index is 0.0798. The second-order valence-electron chi connectivity index (χ2n) is 5.43. The Kier molecular flexibility index (Phi) is 5.81. The Balaban J connectivity index is 2.14. The number of carbonyl (C=O) groups is 2. The number of benzene rings is 2. The van der Waals surface area contributed by atoms with Crippen molar-refractivity contribution in [3.63, 3.8) is 0 Å². The first kappa shape index (κ1) is 19.0. The lowest BCUT2D eigenvalue weighted by Crippen LogP contribution is -2.37. The molecule has 132 valence electrons. The monoisotopic (exact) mass is 380 g/mol. The summed E-state index contributed by atoms with van der Waals surface area (Å²) < 4.78 is 25.0. The van der Waals surface area contributed by atoms with Crippen LogP contribution in [0.4, 0.5) is 11.4 Å². The van der Waals surface area contributed by atoms with Crippen molar-refractivity contribution in [2.24, 2.45) is 0 Å². The van der Waals surface area contributed by atoms with E-state index >= 15 is 0 Å². The number of nitrogens with zero attached hydrogens (tertiary/aromatic N) is 1. The van der Waals surface area contributed by atoms with Gasteiger partial charge in [0.2, 0.25) is 15.9 Å². The summed E-state index contributed by atoms with van der Waals surface area (Å²) in [6.45, 7) is 1.07. The normalized spacial score (nSPS) is 11.0. The molecule has 0 radical (unpaired) electrons. The average Bonchev–Trinajstić information content (AvgIpc) is 2.53. The summed E-state index contributed by atoms with van der Waals surface area (Å²) in [5.41, 5.74) is 1.34. The fourth-order valence-corrected chi connectivity index (χ4v) is 3.11. The Morgan fingerprint density at radius 1 is 1.04 bits per heavy atom. The summed E-state index contributed by atoms with van der Waals surface area (Å²) in [4.78, 5) is 23.5. The summed E-state index contributed by atoms with van der Waals surface area (Å²) >= 11 is 5.81. The van der Waals surface area contributed by atoms with Gasteiger partial charge >= 0.3 is 0 Å². The average molecular weight is 381 g/mol. The largest absolute Gasteiger partial charge is 0.325 e. The van der Waals surface area contributed by atoms with Crippen LogP contribution in [0.3, 0.4) is 0 Å². The van der Waals surface area contributed by atoms with Gasteiger partial charge in [0.1, 0.15) is 6.54 Å². The van der Waals surface area contributed by atoms with Gasteiger partial charge in [-0.1, -0.05) is 11.6 Å². The van der Waals surface area contributed by atoms with Crippen molar-refractivity contribution in [3.05, 3.63) is 59.1 Å². The van der Waals surface area contributed by atoms with Crippen LogP contribution < -0.4 is 9.62 Å². The predicted molar refractivity (Wildman–Crippen MR) is 98.7 cm³/mol. The Morgan fingerprint density at radius 3 is 2.08 bits per heavy atom. The number of rotatable bonds is 6. The molecule has 0 bridgehead atoms. The smallest absolute Gasteiger partial charge is 0.245 e. The summed E-state index contributed by atoms with van der Waals surface area (Å²) in [7, 11) is -3.65. The molecule has 0 spiro atoms. The van der Waals surface area contributed by atoms with E-state index in [0.29, 0.717) is 22.0 Å². The maximum absolute atomic E-state index is 12.2. The zero-order valence-corrected chi connectivity index (χ0v) is 15.3. The van der Waals surface area contributed by atoms with Gasteiger partial charge in [0.05, 0.1) is 11.9 Å². The summed E-state index contributed by atoms with van der Waals surface area (Å²) in [6.07, 6.45) is 1.02. The van der Waals surface area contributed by atoms with E-state index in [9.17, 15) is 18.0 Å². The molecule has 0 atom stereocenters. The molecule has 0 aliphatic carbocycles. The van der Waals surface area contributed by atoms with Gasteiger partial charge in [-0.3, -0.25) is 13.9 Å². The molecule has 0 aliphatic heterocycles. The molecule has 1 N–H and O–H groups in total. The highest BCUT2D eigenvalue weighted by Crippen LogP contribution is 2.20. The molecule has 8 heteroatoms. The highest BCUT2D eigenvalue weighted by Gasteiger charge is 2.20. The molecule has 0 saturated heterocycles. The van der Waals surface area contributed by atoms with Gasteiger partial charge in [-0.25, -0.2) is 8.42 Å². The number of ketones is 1. The summed E-state index contributed by atoms with van der Waals surface area (Å²) in [6, 6.07) is 12.5. The first-order chi connectivity index (χ1) is 11.7. The third kappa shape index (κ3) is 5.30. The first-order valence-corrected chi connectivity index (χ1v) is 9.53. The van der Waals surface area contributed by atoms with E-state index in [1.54, 1.807) is 36.4 Å². The highest BCUT2D eigenvalue weighted by atomic mass is 35.5. The lowest BCUT2D eigenvalue weighted by Gasteiger charge is -2.22. The Hall–Kier alpha value is -2.38. The Labute approximate surface area is 151 Å². The Morgan fingerprint density at radius 2 is 1.60 bits per heavy atom. The number of halogens is 1. The van der Waals surface area contributed by atoms with E-state index < -0.39 is 15.9 Å². The Bertz CT molecular complexity index is 878. The third-order valence-corrected chi connectivity index (χ3v) is 4.77. The summed E-state index contributed by atoms with van der Waals surface area (Å²) in [5, 5.41) is 3.07. The van der Waals surface area contributed by atoms with E-state index in [1.165, 1.54) is 19.1 Å². The van der Waals surface area contributed by atoms with Crippen LogP contribution in [0, 0.1) is 0 Å². The van der Waals surface area contributed by atoms with Crippen LogP contribution in [0.5, 0.6) is 0 Å². The van der Waals surface area contributed by atoms with Crippen LogP contribution in [-0.4, -0.2) is 32.9 Å². The van der Waals surface area contributed by atoms with Crippen molar-refractivity contribution in [1.82, 2.24) is 0 Å². The number of carbonyl (C=O) groups excluding carboxylic acids is 2. The van der Waals surface area contributed by atoms with Gasteiger partial charge in [-0.05, 0) is 55.5 Å². The fraction of sp³-hybridized carbons (Fsp3) is 0.176. The number of anilines is 2. The molecule has 0 unspecified atom stereocenters. The van der Waals surface area contributed by atoms with Crippen LogP contribution in [0.15, 0.2) is 48.5 Å². The van der Waals surface area contributed by atoms with Crippen molar-refractivity contribution in [1.29, 1.82) is 0 Å². The van der Waals surface area contributed by atoms with Gasteiger partial charge < -0.3 is 5.32 Å². The standard InChI is InChI=1S/C17H17ClN2O4S/c1-12(21)13-3-7-15(8-4-13)19-17(22)11-20(25(2,23)24)16-9-5-14(18)6-10-16/h3-10H,11H2,1-2H3,(H,19,22). The molecular formula is C17H17ClN2O4S. The lowest BCUT2D eigenvalue weighted by molar-refractivity contribution is -0.114. The highest BCUT2D eigenvalue weighted by molar-refractivity contribution is 7.92. The van der Waals surface area contributed by atoms with E-state index in [0.717, 1.165) is 10.6 Å². The minimum Gasteiger partial charge on any atom is -0.325 e. The predicted octanol–water partition coefficient (Wildman–Crippen LogP) is 2.95. The van der Waals surface area contributed by atoms with Crippen LogP contribution in [0.25, 0.3) is 0 Å². The third-order valence-electron chi connectivity index (χ3n) is 3.38. The number of nitrogens with one attached hydrogen (secondary N) is 1. The van der Waals surface area contributed by atoms with E-state index in [4.69, 9.17) is 11.6 Å². The number of hydrogen-bond donors (Lipinski definition) is 1. The summed E-state index contributed by atoms with van der Waals surface area (Å²) in [5.74, 6) is -0.584. The fourth-order valence-electron chi connectivity index (χ4n) is 2.13. The molecule has 2 aromatic rings. The molecule has 2 aromatic carbocycles. The van der Waals surface area contributed by atoms with Crippen LogP contribution in [0.1, 0.15) is 17.3 Å².